The molecule has 0 bridgehead atoms. The predicted molar refractivity (Wildman–Crippen MR) is 139 cm³/mol. The van der Waals surface area contributed by atoms with Crippen LogP contribution in [-0.4, -0.2) is 34.5 Å². The number of methoxy groups -OCH3 is 4. The maximum Gasteiger partial charge on any atom is 0.319 e. The minimum Gasteiger partial charge on any atom is -0.493 e. The summed E-state index contributed by atoms with van der Waals surface area (Å²) in [4.78, 5) is 26.0. The maximum atomic E-state index is 13.0. The van der Waals surface area contributed by atoms with E-state index in [-0.39, 0.29) is 17.2 Å². The van der Waals surface area contributed by atoms with Gasteiger partial charge in [0.2, 0.25) is 11.2 Å². The minimum absolute atomic E-state index is 0.201. The normalized spacial score (nSPS) is 14.0. The Labute approximate surface area is 210 Å². The van der Waals surface area contributed by atoms with E-state index in [1.165, 1.54) is 13.2 Å². The zero-order chi connectivity index (χ0) is 25.8. The van der Waals surface area contributed by atoms with Crippen molar-refractivity contribution in [1.29, 1.82) is 0 Å². The number of nitrogens with one attached hydrogen (secondary N) is 2. The summed E-state index contributed by atoms with van der Waals surface area (Å²) in [7, 11) is 6.14. The molecule has 3 aromatic rings. The van der Waals surface area contributed by atoms with Crippen LogP contribution in [-0.2, 0) is 6.42 Å². The number of carbonyl (C=O) groups excluding carboxylic acids is 1. The maximum absolute atomic E-state index is 13.0. The van der Waals surface area contributed by atoms with Gasteiger partial charge in [0, 0.05) is 11.3 Å². The number of hydrogen-bond acceptors (Lipinski definition) is 6. The molecule has 0 saturated carbocycles. The number of carbonyl (C=O) groups is 1. The molecule has 1 aliphatic rings. The number of benzene rings is 2. The first-order valence-electron chi connectivity index (χ1n) is 11.6. The molecule has 36 heavy (non-hydrogen) atoms. The lowest BCUT2D eigenvalue weighted by Crippen LogP contribution is -2.33. The summed E-state index contributed by atoms with van der Waals surface area (Å²) in [5.41, 5.74) is 4.51. The molecule has 0 radical (unpaired) electrons. The van der Waals surface area contributed by atoms with E-state index in [0.717, 1.165) is 22.3 Å². The fraction of sp³-hybridized carbons (Fsp3) is 0.286. The van der Waals surface area contributed by atoms with Crippen LogP contribution in [0.4, 0.5) is 10.5 Å². The van der Waals surface area contributed by atoms with Crippen LogP contribution >= 0.6 is 0 Å². The molecule has 0 aromatic heterocycles. The summed E-state index contributed by atoms with van der Waals surface area (Å²) >= 11 is 0. The molecule has 0 fully saturated rings. The topological polar surface area (TPSA) is 95.1 Å². The van der Waals surface area contributed by atoms with Crippen LogP contribution in [0.15, 0.2) is 53.3 Å². The Bertz CT molecular complexity index is 1350. The van der Waals surface area contributed by atoms with Crippen molar-refractivity contribution in [2.24, 2.45) is 0 Å². The number of ether oxygens (including phenoxy) is 4. The van der Waals surface area contributed by atoms with Gasteiger partial charge in [0.15, 0.2) is 17.2 Å². The minimum atomic E-state index is -0.456. The molecule has 2 N–H and O–H groups in total. The third-order valence-corrected chi connectivity index (χ3v) is 6.42. The van der Waals surface area contributed by atoms with Crippen molar-refractivity contribution in [3.05, 3.63) is 75.4 Å². The summed E-state index contributed by atoms with van der Waals surface area (Å²) < 4.78 is 22.3. The van der Waals surface area contributed by atoms with Crippen molar-refractivity contribution in [1.82, 2.24) is 5.32 Å². The van der Waals surface area contributed by atoms with Crippen LogP contribution in [0.25, 0.3) is 11.1 Å². The first-order valence-corrected chi connectivity index (χ1v) is 11.6. The second-order valence-corrected chi connectivity index (χ2v) is 8.46. The summed E-state index contributed by atoms with van der Waals surface area (Å²) in [6.45, 7) is 1.93. The lowest BCUT2D eigenvalue weighted by Gasteiger charge is -2.20. The highest BCUT2D eigenvalue weighted by atomic mass is 16.5. The van der Waals surface area contributed by atoms with Crippen LogP contribution in [0, 0.1) is 6.92 Å². The van der Waals surface area contributed by atoms with Gasteiger partial charge in [-0.15, -0.1) is 0 Å². The van der Waals surface area contributed by atoms with Crippen molar-refractivity contribution in [3.8, 4) is 34.1 Å². The second-order valence-electron chi connectivity index (χ2n) is 8.46. The summed E-state index contributed by atoms with van der Waals surface area (Å²) in [6.07, 6.45) is 1.15. The second kappa shape index (κ2) is 10.6. The molecule has 2 amide bonds. The quantitative estimate of drug-likeness (QED) is 0.512. The van der Waals surface area contributed by atoms with Gasteiger partial charge in [0.05, 0.1) is 34.5 Å². The number of para-hydroxylation sites is 1. The standard InChI is InChI=1S/C28H30N2O6/c1-16-8-6-7-9-20(16)29-28(32)30-21-12-10-17-14-24(34-3)26(35-4)27(36-5)25(17)18-11-13-23(33-2)22(31)15-19(18)21/h6-9,11,13-15,21H,10,12H2,1-5H3,(H2,29,30,32)/t21-/m0/s1. The van der Waals surface area contributed by atoms with E-state index in [1.54, 1.807) is 27.4 Å². The monoisotopic (exact) mass is 490 g/mol. The number of amides is 2. The zero-order valence-corrected chi connectivity index (χ0v) is 21.1. The number of rotatable bonds is 6. The van der Waals surface area contributed by atoms with Crippen molar-refractivity contribution < 1.29 is 23.7 Å². The molecule has 0 heterocycles. The Morgan fingerprint density at radius 3 is 2.28 bits per heavy atom. The number of hydrogen-bond donors (Lipinski definition) is 2. The van der Waals surface area contributed by atoms with E-state index in [2.05, 4.69) is 10.6 Å². The van der Waals surface area contributed by atoms with E-state index in [0.29, 0.717) is 41.3 Å². The summed E-state index contributed by atoms with van der Waals surface area (Å²) in [5.74, 6) is 1.69. The van der Waals surface area contributed by atoms with Crippen LogP contribution < -0.4 is 35.0 Å². The van der Waals surface area contributed by atoms with E-state index in [4.69, 9.17) is 18.9 Å². The van der Waals surface area contributed by atoms with Crippen LogP contribution in [0.1, 0.15) is 29.2 Å². The number of anilines is 1. The van der Waals surface area contributed by atoms with Crippen LogP contribution in [0.3, 0.4) is 0 Å². The predicted octanol–water partition coefficient (Wildman–Crippen LogP) is 4.87. The van der Waals surface area contributed by atoms with E-state index in [9.17, 15) is 9.59 Å². The smallest absolute Gasteiger partial charge is 0.319 e. The lowest BCUT2D eigenvalue weighted by molar-refractivity contribution is 0.248. The Hall–Kier alpha value is -4.20. The average Bonchev–Trinajstić information content (AvgIpc) is 3.12. The molecule has 3 aromatic carbocycles. The van der Waals surface area contributed by atoms with Crippen LogP contribution in [0.2, 0.25) is 0 Å². The molecule has 0 spiro atoms. The zero-order valence-electron chi connectivity index (χ0n) is 21.1. The lowest BCUT2D eigenvalue weighted by atomic mass is 9.95. The molecular weight excluding hydrogens is 460 g/mol. The van der Waals surface area contributed by atoms with Crippen molar-refractivity contribution >= 4 is 11.7 Å². The fourth-order valence-electron chi connectivity index (χ4n) is 4.65. The Kier molecular flexibility index (Phi) is 7.33. The molecule has 4 rings (SSSR count). The third-order valence-electron chi connectivity index (χ3n) is 6.42. The van der Waals surface area contributed by atoms with Gasteiger partial charge in [-0.3, -0.25) is 4.79 Å². The highest BCUT2D eigenvalue weighted by Gasteiger charge is 2.30. The molecule has 0 unspecified atom stereocenters. The van der Waals surface area contributed by atoms with Gasteiger partial charge in [-0.2, -0.15) is 0 Å². The van der Waals surface area contributed by atoms with E-state index in [1.807, 2.05) is 43.3 Å². The van der Waals surface area contributed by atoms with Gasteiger partial charge in [0.25, 0.3) is 0 Å². The summed E-state index contributed by atoms with van der Waals surface area (Å²) in [5, 5.41) is 5.98. The van der Waals surface area contributed by atoms with Gasteiger partial charge in [-0.1, -0.05) is 24.3 Å². The molecule has 0 saturated heterocycles. The number of fused-ring (bicyclic) bond motifs is 3. The fourth-order valence-corrected chi connectivity index (χ4v) is 4.65. The van der Waals surface area contributed by atoms with Crippen molar-refractivity contribution in [2.75, 3.05) is 33.8 Å². The van der Waals surface area contributed by atoms with E-state index >= 15 is 0 Å². The highest BCUT2D eigenvalue weighted by molar-refractivity contribution is 5.91. The Balaban J connectivity index is 1.86. The summed E-state index contributed by atoms with van der Waals surface area (Å²) in [6, 6.07) is 13.6. The molecule has 1 aliphatic carbocycles. The van der Waals surface area contributed by atoms with Crippen molar-refractivity contribution in [2.45, 2.75) is 25.8 Å². The Morgan fingerprint density at radius 1 is 0.889 bits per heavy atom. The molecular formula is C28H30N2O6. The highest BCUT2D eigenvalue weighted by Crippen LogP contribution is 2.50. The van der Waals surface area contributed by atoms with Crippen molar-refractivity contribution in [3.63, 3.8) is 0 Å². The third kappa shape index (κ3) is 4.66. The molecule has 1 atom stereocenters. The molecule has 8 heteroatoms. The number of urea groups is 1. The first kappa shape index (κ1) is 24.9. The average molecular weight is 491 g/mol. The van der Waals surface area contributed by atoms with Gasteiger partial charge < -0.3 is 29.6 Å². The Morgan fingerprint density at radius 2 is 1.61 bits per heavy atom. The first-order chi connectivity index (χ1) is 17.4. The molecule has 8 nitrogen and oxygen atoms in total. The largest absolute Gasteiger partial charge is 0.493 e. The molecule has 0 aliphatic heterocycles. The van der Waals surface area contributed by atoms with Gasteiger partial charge in [0.1, 0.15) is 0 Å². The van der Waals surface area contributed by atoms with Crippen LogP contribution in [0.5, 0.6) is 23.0 Å². The van der Waals surface area contributed by atoms with E-state index < -0.39 is 6.04 Å². The van der Waals surface area contributed by atoms with Gasteiger partial charge >= 0.3 is 6.03 Å². The number of aryl methyl sites for hydroxylation is 2. The molecule has 188 valence electrons. The van der Waals surface area contributed by atoms with Gasteiger partial charge in [-0.05, 0) is 66.3 Å². The SMILES string of the molecule is COc1cc2c(c(OC)c1OC)-c1ccc(OC)c(=O)cc1[C@@H](NC(=O)Nc1ccccc1C)CC2. The van der Waals surface area contributed by atoms with Gasteiger partial charge in [-0.25, -0.2) is 4.79 Å².